The molecule has 1 aliphatic heterocycles. The van der Waals surface area contributed by atoms with E-state index in [1.54, 1.807) is 17.5 Å². The highest BCUT2D eigenvalue weighted by Crippen LogP contribution is 2.18. The van der Waals surface area contributed by atoms with E-state index in [-0.39, 0.29) is 5.91 Å². The smallest absolute Gasteiger partial charge is 0.234 e. The van der Waals surface area contributed by atoms with Gasteiger partial charge in [0.2, 0.25) is 5.91 Å². The Labute approximate surface area is 134 Å². The number of nitrogens with one attached hydrogen (secondary N) is 1. The van der Waals surface area contributed by atoms with Gasteiger partial charge in [0.25, 0.3) is 0 Å². The number of nitrogens with zero attached hydrogens (tertiary/aromatic N) is 3. The lowest BCUT2D eigenvalue weighted by atomic mass is 10.2. The van der Waals surface area contributed by atoms with Crippen LogP contribution in [0, 0.1) is 0 Å². The van der Waals surface area contributed by atoms with Gasteiger partial charge in [0.05, 0.1) is 13.1 Å². The molecule has 0 saturated carbocycles. The molecule has 6 heteroatoms. The maximum Gasteiger partial charge on any atom is 0.234 e. The van der Waals surface area contributed by atoms with E-state index in [0.717, 1.165) is 32.4 Å². The fraction of sp³-hybridized carbons (Fsp3) is 0.500. The van der Waals surface area contributed by atoms with Crippen molar-refractivity contribution in [2.75, 3.05) is 19.6 Å². The molecule has 1 fully saturated rings. The summed E-state index contributed by atoms with van der Waals surface area (Å²) in [6.45, 7) is 3.09. The molecule has 3 rings (SSSR count). The summed E-state index contributed by atoms with van der Waals surface area (Å²) in [4.78, 5) is 14.4. The predicted molar refractivity (Wildman–Crippen MR) is 87.9 cm³/mol. The lowest BCUT2D eigenvalue weighted by molar-refractivity contribution is -0.122. The first-order valence-corrected chi connectivity index (χ1v) is 8.75. The Bertz CT molecular complexity index is 567. The van der Waals surface area contributed by atoms with Crippen molar-refractivity contribution in [3.8, 4) is 0 Å². The van der Waals surface area contributed by atoms with E-state index in [9.17, 15) is 4.79 Å². The zero-order chi connectivity index (χ0) is 15.2. The summed E-state index contributed by atoms with van der Waals surface area (Å²) < 4.78 is 1.96. The van der Waals surface area contributed by atoms with E-state index in [1.807, 2.05) is 16.9 Å². The second kappa shape index (κ2) is 7.56. The minimum atomic E-state index is 0.127. The number of aromatic nitrogens is 2. The van der Waals surface area contributed by atoms with E-state index in [1.165, 1.54) is 5.56 Å². The molecule has 2 aromatic rings. The Balaban J connectivity index is 1.41. The van der Waals surface area contributed by atoms with Crippen LogP contribution in [0.2, 0.25) is 0 Å². The van der Waals surface area contributed by atoms with E-state index in [2.05, 4.69) is 32.1 Å². The van der Waals surface area contributed by atoms with Crippen LogP contribution in [0.15, 0.2) is 35.3 Å². The van der Waals surface area contributed by atoms with Gasteiger partial charge < -0.3 is 5.32 Å². The van der Waals surface area contributed by atoms with Crippen LogP contribution in [0.25, 0.3) is 0 Å². The van der Waals surface area contributed by atoms with Crippen molar-refractivity contribution >= 4 is 17.2 Å². The van der Waals surface area contributed by atoms with Gasteiger partial charge in [-0.2, -0.15) is 16.4 Å². The SMILES string of the molecule is O=C(CN1CCC[C@H]1Cn1cccn1)NCCc1ccsc1. The highest BCUT2D eigenvalue weighted by atomic mass is 32.1. The van der Waals surface area contributed by atoms with Crippen molar-refractivity contribution < 1.29 is 4.79 Å². The summed E-state index contributed by atoms with van der Waals surface area (Å²) in [6, 6.07) is 4.47. The molecule has 118 valence electrons. The second-order valence-electron chi connectivity index (χ2n) is 5.73. The molecule has 0 aliphatic carbocycles. The van der Waals surface area contributed by atoms with E-state index in [0.29, 0.717) is 19.1 Å². The molecule has 0 spiro atoms. The molecule has 0 aromatic carbocycles. The van der Waals surface area contributed by atoms with Crippen LogP contribution in [0.1, 0.15) is 18.4 Å². The Morgan fingerprint density at radius 3 is 3.23 bits per heavy atom. The molecular weight excluding hydrogens is 296 g/mol. The molecule has 5 nitrogen and oxygen atoms in total. The van der Waals surface area contributed by atoms with Crippen molar-refractivity contribution in [2.45, 2.75) is 31.8 Å². The number of amides is 1. The van der Waals surface area contributed by atoms with Gasteiger partial charge in [0.1, 0.15) is 0 Å². The Hall–Kier alpha value is -1.66. The van der Waals surface area contributed by atoms with Crippen molar-refractivity contribution in [3.63, 3.8) is 0 Å². The number of hydrogen-bond donors (Lipinski definition) is 1. The normalized spacial score (nSPS) is 18.6. The number of hydrogen-bond acceptors (Lipinski definition) is 4. The molecule has 1 amide bonds. The summed E-state index contributed by atoms with van der Waals surface area (Å²) >= 11 is 1.70. The average molecular weight is 318 g/mol. The van der Waals surface area contributed by atoms with Crippen molar-refractivity contribution in [2.24, 2.45) is 0 Å². The predicted octanol–water partition coefficient (Wildman–Crippen LogP) is 1.77. The lowest BCUT2D eigenvalue weighted by Crippen LogP contribution is -2.41. The van der Waals surface area contributed by atoms with Gasteiger partial charge in [-0.05, 0) is 54.3 Å². The monoisotopic (exact) mass is 318 g/mol. The van der Waals surface area contributed by atoms with Gasteiger partial charge in [-0.1, -0.05) is 0 Å². The number of likely N-dealkylation sites (tertiary alicyclic amines) is 1. The van der Waals surface area contributed by atoms with E-state index in [4.69, 9.17) is 0 Å². The second-order valence-corrected chi connectivity index (χ2v) is 6.51. The minimum Gasteiger partial charge on any atom is -0.355 e. The van der Waals surface area contributed by atoms with Gasteiger partial charge in [-0.15, -0.1) is 0 Å². The molecule has 22 heavy (non-hydrogen) atoms. The average Bonchev–Trinajstić information content (AvgIpc) is 3.23. The number of carbonyl (C=O) groups excluding carboxylic acids is 1. The third-order valence-corrected chi connectivity index (χ3v) is 4.85. The molecule has 0 bridgehead atoms. The molecule has 0 radical (unpaired) electrons. The largest absolute Gasteiger partial charge is 0.355 e. The fourth-order valence-corrected chi connectivity index (χ4v) is 3.66. The summed E-state index contributed by atoms with van der Waals surface area (Å²) in [5, 5.41) is 11.5. The van der Waals surface area contributed by atoms with Crippen LogP contribution in [-0.4, -0.2) is 46.3 Å². The van der Waals surface area contributed by atoms with Crippen molar-refractivity contribution in [1.82, 2.24) is 20.0 Å². The standard InChI is InChI=1S/C16H22N4OS/c21-16(17-7-4-14-5-10-22-13-14)12-19-8-1-3-15(19)11-20-9-2-6-18-20/h2,5-6,9-10,13,15H,1,3-4,7-8,11-12H2,(H,17,21)/t15-/m0/s1. The Morgan fingerprint density at radius 1 is 1.50 bits per heavy atom. The van der Waals surface area contributed by atoms with Gasteiger partial charge in [0, 0.05) is 25.0 Å². The first-order valence-electron chi connectivity index (χ1n) is 7.80. The van der Waals surface area contributed by atoms with Crippen LogP contribution in [0.3, 0.4) is 0 Å². The zero-order valence-electron chi connectivity index (χ0n) is 12.6. The molecule has 2 aromatic heterocycles. The number of carbonyl (C=O) groups is 1. The molecule has 1 atom stereocenters. The number of rotatable bonds is 7. The Kier molecular flexibility index (Phi) is 5.24. The Morgan fingerprint density at radius 2 is 2.45 bits per heavy atom. The maximum absolute atomic E-state index is 12.1. The lowest BCUT2D eigenvalue weighted by Gasteiger charge is -2.23. The van der Waals surface area contributed by atoms with Crippen LogP contribution >= 0.6 is 11.3 Å². The zero-order valence-corrected chi connectivity index (χ0v) is 13.5. The van der Waals surface area contributed by atoms with Crippen LogP contribution < -0.4 is 5.32 Å². The first-order chi connectivity index (χ1) is 10.8. The maximum atomic E-state index is 12.1. The molecule has 3 heterocycles. The van der Waals surface area contributed by atoms with Crippen molar-refractivity contribution in [3.05, 3.63) is 40.8 Å². The highest BCUT2D eigenvalue weighted by molar-refractivity contribution is 7.07. The first kappa shape index (κ1) is 15.2. The summed E-state index contributed by atoms with van der Waals surface area (Å²) in [5.74, 6) is 0.127. The third kappa shape index (κ3) is 4.18. The highest BCUT2D eigenvalue weighted by Gasteiger charge is 2.26. The van der Waals surface area contributed by atoms with Gasteiger partial charge in [-0.3, -0.25) is 14.4 Å². The van der Waals surface area contributed by atoms with Crippen LogP contribution in [0.5, 0.6) is 0 Å². The molecular formula is C16H22N4OS. The van der Waals surface area contributed by atoms with Gasteiger partial charge in [-0.25, -0.2) is 0 Å². The van der Waals surface area contributed by atoms with E-state index < -0.39 is 0 Å². The molecule has 0 unspecified atom stereocenters. The summed E-state index contributed by atoms with van der Waals surface area (Å²) in [6.07, 6.45) is 7.00. The molecule has 1 saturated heterocycles. The van der Waals surface area contributed by atoms with Gasteiger partial charge >= 0.3 is 0 Å². The number of thiophene rings is 1. The third-order valence-electron chi connectivity index (χ3n) is 4.12. The summed E-state index contributed by atoms with van der Waals surface area (Å²) in [5.41, 5.74) is 1.29. The molecule has 1 N–H and O–H groups in total. The van der Waals surface area contributed by atoms with E-state index >= 15 is 0 Å². The molecule has 1 aliphatic rings. The van der Waals surface area contributed by atoms with Crippen LogP contribution in [-0.2, 0) is 17.8 Å². The minimum absolute atomic E-state index is 0.127. The fourth-order valence-electron chi connectivity index (χ4n) is 2.96. The van der Waals surface area contributed by atoms with Crippen molar-refractivity contribution in [1.29, 1.82) is 0 Å². The van der Waals surface area contributed by atoms with Gasteiger partial charge in [0.15, 0.2) is 0 Å². The topological polar surface area (TPSA) is 50.2 Å². The van der Waals surface area contributed by atoms with Crippen LogP contribution in [0.4, 0.5) is 0 Å². The quantitative estimate of drug-likeness (QED) is 0.846. The summed E-state index contributed by atoms with van der Waals surface area (Å²) in [7, 11) is 0.